The molecule has 2 fully saturated rings. The Balaban J connectivity index is 1.76. The molecule has 0 aromatic heterocycles. The zero-order valence-electron chi connectivity index (χ0n) is 11.4. The molecule has 1 heterocycles. The molecule has 3 amide bonds. The number of nitrogens with one attached hydrogen (secondary N) is 3. The van der Waals surface area contributed by atoms with Gasteiger partial charge in [0, 0.05) is 13.1 Å². The number of hydrogen-bond donors (Lipinski definition) is 4. The topological polar surface area (TPSA) is 108 Å². The number of hydrogen-bond acceptors (Lipinski definition) is 3. The van der Waals surface area contributed by atoms with E-state index in [0.717, 1.165) is 25.7 Å². The highest BCUT2D eigenvalue weighted by molar-refractivity contribution is 5.87. The second-order valence-corrected chi connectivity index (χ2v) is 5.74. The molecule has 0 aromatic rings. The molecule has 1 saturated heterocycles. The van der Waals surface area contributed by atoms with Crippen LogP contribution in [0.25, 0.3) is 0 Å². The first-order chi connectivity index (χ1) is 9.51. The Hall–Kier alpha value is -1.79. The minimum absolute atomic E-state index is 0.0806. The third-order valence-electron chi connectivity index (χ3n) is 4.16. The summed E-state index contributed by atoms with van der Waals surface area (Å²) in [5.41, 5.74) is -0.308. The second-order valence-electron chi connectivity index (χ2n) is 5.74. The Kier molecular flexibility index (Phi) is 4.46. The first-order valence-corrected chi connectivity index (χ1v) is 7.05. The SMILES string of the molecule is O=C(O)CC1(CNC(=O)NC2CCCNC2=O)CCC1. The highest BCUT2D eigenvalue weighted by Gasteiger charge is 2.39. The Morgan fingerprint density at radius 3 is 2.65 bits per heavy atom. The molecule has 0 bridgehead atoms. The number of aliphatic carboxylic acids is 1. The lowest BCUT2D eigenvalue weighted by atomic mass is 9.66. The van der Waals surface area contributed by atoms with Gasteiger partial charge < -0.3 is 21.1 Å². The summed E-state index contributed by atoms with van der Waals surface area (Å²) >= 11 is 0. The van der Waals surface area contributed by atoms with Crippen molar-refractivity contribution in [3.63, 3.8) is 0 Å². The molecule has 1 aliphatic carbocycles. The van der Waals surface area contributed by atoms with Gasteiger partial charge in [-0.15, -0.1) is 0 Å². The van der Waals surface area contributed by atoms with Gasteiger partial charge in [-0.2, -0.15) is 0 Å². The average molecular weight is 283 g/mol. The number of carbonyl (C=O) groups is 3. The Bertz CT molecular complexity index is 406. The van der Waals surface area contributed by atoms with E-state index in [4.69, 9.17) is 5.11 Å². The van der Waals surface area contributed by atoms with Crippen molar-refractivity contribution in [1.82, 2.24) is 16.0 Å². The normalized spacial score (nSPS) is 24.2. The zero-order valence-corrected chi connectivity index (χ0v) is 11.4. The molecule has 0 aromatic carbocycles. The van der Waals surface area contributed by atoms with E-state index in [0.29, 0.717) is 19.5 Å². The molecule has 4 N–H and O–H groups in total. The Morgan fingerprint density at radius 1 is 1.35 bits per heavy atom. The van der Waals surface area contributed by atoms with Gasteiger partial charge in [-0.1, -0.05) is 6.42 Å². The van der Waals surface area contributed by atoms with Gasteiger partial charge in [0.2, 0.25) is 5.91 Å². The Morgan fingerprint density at radius 2 is 2.10 bits per heavy atom. The number of carboxylic acid groups (broad SMARTS) is 1. The van der Waals surface area contributed by atoms with Crippen molar-refractivity contribution >= 4 is 17.9 Å². The van der Waals surface area contributed by atoms with Gasteiger partial charge in [0.05, 0.1) is 6.42 Å². The fourth-order valence-corrected chi connectivity index (χ4v) is 2.80. The van der Waals surface area contributed by atoms with Crippen molar-refractivity contribution in [3.05, 3.63) is 0 Å². The lowest BCUT2D eigenvalue weighted by molar-refractivity contribution is -0.141. The molecular weight excluding hydrogens is 262 g/mol. The summed E-state index contributed by atoms with van der Waals surface area (Å²) < 4.78 is 0. The summed E-state index contributed by atoms with van der Waals surface area (Å²) in [5, 5.41) is 16.9. The molecule has 1 saturated carbocycles. The van der Waals surface area contributed by atoms with Crippen LogP contribution in [-0.4, -0.2) is 42.1 Å². The van der Waals surface area contributed by atoms with Crippen LogP contribution in [0.5, 0.6) is 0 Å². The zero-order chi connectivity index (χ0) is 14.6. The first kappa shape index (κ1) is 14.6. The van der Waals surface area contributed by atoms with Crippen LogP contribution in [0.2, 0.25) is 0 Å². The number of urea groups is 1. The second kappa shape index (κ2) is 6.11. The quantitative estimate of drug-likeness (QED) is 0.578. The molecule has 1 atom stereocenters. The summed E-state index contributed by atoms with van der Waals surface area (Å²) in [7, 11) is 0. The van der Waals surface area contributed by atoms with Gasteiger partial charge in [-0.3, -0.25) is 9.59 Å². The molecule has 0 spiro atoms. The highest BCUT2D eigenvalue weighted by Crippen LogP contribution is 2.43. The van der Waals surface area contributed by atoms with Gasteiger partial charge in [0.25, 0.3) is 0 Å². The van der Waals surface area contributed by atoms with Crippen molar-refractivity contribution in [1.29, 1.82) is 0 Å². The van der Waals surface area contributed by atoms with Gasteiger partial charge in [0.15, 0.2) is 0 Å². The molecular formula is C13H21N3O4. The van der Waals surface area contributed by atoms with Crippen molar-refractivity contribution in [2.45, 2.75) is 44.6 Å². The van der Waals surface area contributed by atoms with Crippen LogP contribution >= 0.6 is 0 Å². The average Bonchev–Trinajstić information content (AvgIpc) is 2.35. The van der Waals surface area contributed by atoms with E-state index in [2.05, 4.69) is 16.0 Å². The standard InChI is InChI=1S/C13H21N3O4/c17-10(18)7-13(4-2-5-13)8-15-12(20)16-9-3-1-6-14-11(9)19/h9H,1-8H2,(H,14,19)(H,17,18)(H2,15,16,20). The fourth-order valence-electron chi connectivity index (χ4n) is 2.80. The molecule has 20 heavy (non-hydrogen) atoms. The third-order valence-corrected chi connectivity index (χ3v) is 4.16. The number of piperidine rings is 1. The van der Waals surface area contributed by atoms with Gasteiger partial charge in [-0.25, -0.2) is 4.79 Å². The van der Waals surface area contributed by atoms with Crippen LogP contribution in [-0.2, 0) is 9.59 Å². The van der Waals surface area contributed by atoms with E-state index in [9.17, 15) is 14.4 Å². The van der Waals surface area contributed by atoms with Crippen molar-refractivity contribution in [2.75, 3.05) is 13.1 Å². The van der Waals surface area contributed by atoms with Crippen molar-refractivity contribution < 1.29 is 19.5 Å². The van der Waals surface area contributed by atoms with Crippen LogP contribution in [0, 0.1) is 5.41 Å². The van der Waals surface area contributed by atoms with Crippen LogP contribution < -0.4 is 16.0 Å². The van der Waals surface area contributed by atoms with Crippen LogP contribution in [0.3, 0.4) is 0 Å². The van der Waals surface area contributed by atoms with Gasteiger partial charge in [0.1, 0.15) is 6.04 Å². The predicted molar refractivity (Wildman–Crippen MR) is 71.1 cm³/mol. The van der Waals surface area contributed by atoms with Gasteiger partial charge >= 0.3 is 12.0 Å². The third kappa shape index (κ3) is 3.61. The maximum atomic E-state index is 11.8. The highest BCUT2D eigenvalue weighted by atomic mass is 16.4. The number of rotatable bonds is 5. The number of amides is 3. The largest absolute Gasteiger partial charge is 0.481 e. The van der Waals surface area contributed by atoms with E-state index < -0.39 is 18.0 Å². The first-order valence-electron chi connectivity index (χ1n) is 7.05. The van der Waals surface area contributed by atoms with Crippen LogP contribution in [0.4, 0.5) is 4.79 Å². The minimum atomic E-state index is -0.835. The number of carbonyl (C=O) groups excluding carboxylic acids is 2. The summed E-state index contributed by atoms with van der Waals surface area (Å²) in [6.07, 6.45) is 4.21. The molecule has 2 rings (SSSR count). The minimum Gasteiger partial charge on any atom is -0.481 e. The van der Waals surface area contributed by atoms with E-state index >= 15 is 0 Å². The van der Waals surface area contributed by atoms with E-state index in [1.54, 1.807) is 0 Å². The maximum absolute atomic E-state index is 11.8. The van der Waals surface area contributed by atoms with Crippen molar-refractivity contribution in [3.8, 4) is 0 Å². The molecule has 2 aliphatic rings. The van der Waals surface area contributed by atoms with Crippen molar-refractivity contribution in [2.24, 2.45) is 5.41 Å². The monoisotopic (exact) mass is 283 g/mol. The summed E-state index contributed by atoms with van der Waals surface area (Å²) in [6.45, 7) is 1.000. The van der Waals surface area contributed by atoms with E-state index in [-0.39, 0.29) is 17.7 Å². The van der Waals surface area contributed by atoms with Crippen LogP contribution in [0.15, 0.2) is 0 Å². The van der Waals surface area contributed by atoms with E-state index in [1.165, 1.54) is 0 Å². The lowest BCUT2D eigenvalue weighted by Crippen LogP contribution is -2.54. The number of carboxylic acids is 1. The fraction of sp³-hybridized carbons (Fsp3) is 0.769. The summed E-state index contributed by atoms with van der Waals surface area (Å²) in [4.78, 5) is 34.1. The molecule has 112 valence electrons. The smallest absolute Gasteiger partial charge is 0.315 e. The summed E-state index contributed by atoms with van der Waals surface area (Å²) in [6, 6.07) is -0.885. The summed E-state index contributed by atoms with van der Waals surface area (Å²) in [5.74, 6) is -0.992. The molecule has 1 aliphatic heterocycles. The molecule has 1 unspecified atom stereocenters. The van der Waals surface area contributed by atoms with Crippen LogP contribution in [0.1, 0.15) is 38.5 Å². The lowest BCUT2D eigenvalue weighted by Gasteiger charge is -2.40. The molecule has 0 radical (unpaired) electrons. The molecule has 7 nitrogen and oxygen atoms in total. The van der Waals surface area contributed by atoms with E-state index in [1.807, 2.05) is 0 Å². The molecule has 7 heteroatoms. The Labute approximate surface area is 117 Å². The maximum Gasteiger partial charge on any atom is 0.315 e. The van der Waals surface area contributed by atoms with Gasteiger partial charge in [-0.05, 0) is 31.1 Å². The predicted octanol–water partition coefficient (Wildman–Crippen LogP) is 0.209.